The van der Waals surface area contributed by atoms with Gasteiger partial charge in [-0.05, 0) is 11.2 Å². The number of benzene rings is 1. The van der Waals surface area contributed by atoms with E-state index in [-0.39, 0.29) is 36.4 Å². The molecule has 21 heavy (non-hydrogen) atoms. The maximum atomic E-state index is 11.8. The summed E-state index contributed by atoms with van der Waals surface area (Å²) in [4.78, 5) is 11.3. The highest BCUT2D eigenvalue weighted by Crippen LogP contribution is 2.37. The van der Waals surface area contributed by atoms with E-state index >= 15 is 0 Å². The lowest BCUT2D eigenvalue weighted by molar-refractivity contribution is -0.117. The second kappa shape index (κ2) is 5.09. The van der Waals surface area contributed by atoms with Crippen LogP contribution < -0.4 is 13.8 Å². The third-order valence-electron chi connectivity index (χ3n) is 2.83. The van der Waals surface area contributed by atoms with E-state index in [4.69, 9.17) is 9.26 Å². The number of hydrogen-bond donors (Lipinski definition) is 2. The molecule has 9 heteroatoms. The van der Waals surface area contributed by atoms with Gasteiger partial charge in [-0.25, -0.2) is 4.21 Å². The molecule has 2 N–H and O–H groups in total. The molecule has 1 aromatic heterocycles. The largest absolute Gasteiger partial charge is 0.506 e. The topological polar surface area (TPSA) is 105 Å². The summed E-state index contributed by atoms with van der Waals surface area (Å²) in [6, 6.07) is 2.84. The Labute approximate surface area is 121 Å². The molecule has 8 nitrogen and oxygen atoms in total. The van der Waals surface area contributed by atoms with Gasteiger partial charge in [0.15, 0.2) is 5.58 Å². The number of hydrogen-bond acceptors (Lipinski definition) is 6. The van der Waals surface area contributed by atoms with Crippen molar-refractivity contribution in [3.63, 3.8) is 0 Å². The maximum Gasteiger partial charge on any atom is 0.262 e. The van der Waals surface area contributed by atoms with E-state index < -0.39 is 11.2 Å². The normalized spacial score (nSPS) is 18.0. The summed E-state index contributed by atoms with van der Waals surface area (Å²) in [6.07, 6.45) is 1.56. The van der Waals surface area contributed by atoms with Gasteiger partial charge >= 0.3 is 0 Å². The molecule has 110 valence electrons. The first kappa shape index (κ1) is 13.4. The van der Waals surface area contributed by atoms with Crippen molar-refractivity contribution in [2.24, 2.45) is 0 Å². The molecular weight excluding hydrogens is 298 g/mol. The molecule has 1 aliphatic rings. The summed E-state index contributed by atoms with van der Waals surface area (Å²) in [5.41, 5.74) is 0.547. The van der Waals surface area contributed by atoms with Crippen molar-refractivity contribution in [3.05, 3.63) is 24.8 Å². The Morgan fingerprint density at radius 3 is 3.10 bits per heavy atom. The number of aromatic nitrogens is 1. The average molecular weight is 309 g/mol. The van der Waals surface area contributed by atoms with Gasteiger partial charge in [0.1, 0.15) is 18.9 Å². The van der Waals surface area contributed by atoms with Crippen LogP contribution in [0.2, 0.25) is 0 Å². The van der Waals surface area contributed by atoms with Gasteiger partial charge in [-0.1, -0.05) is 12.7 Å². The number of anilines is 1. The first-order valence-corrected chi connectivity index (χ1v) is 7.06. The molecule has 0 spiro atoms. The van der Waals surface area contributed by atoms with Crippen LogP contribution in [0.4, 0.5) is 5.69 Å². The molecule has 2 heterocycles. The van der Waals surface area contributed by atoms with Crippen LogP contribution >= 0.6 is 0 Å². The molecule has 1 aliphatic heterocycles. The number of nitrogens with one attached hydrogen (secondary N) is 1. The third kappa shape index (κ3) is 2.31. The fourth-order valence-corrected chi connectivity index (χ4v) is 2.86. The van der Waals surface area contributed by atoms with Crippen molar-refractivity contribution in [2.45, 2.75) is 0 Å². The second-order valence-corrected chi connectivity index (χ2v) is 5.38. The van der Waals surface area contributed by atoms with Crippen LogP contribution in [0.15, 0.2) is 29.3 Å². The van der Waals surface area contributed by atoms with Crippen molar-refractivity contribution >= 4 is 33.7 Å². The molecule has 1 saturated heterocycles. The zero-order chi connectivity index (χ0) is 15.0. The minimum Gasteiger partial charge on any atom is -0.506 e. The lowest BCUT2D eigenvalue weighted by Gasteiger charge is -2.14. The summed E-state index contributed by atoms with van der Waals surface area (Å²) in [5, 5.41) is 14.2. The van der Waals surface area contributed by atoms with Gasteiger partial charge in [0.05, 0.1) is 11.1 Å². The highest BCUT2D eigenvalue weighted by Gasteiger charge is 2.29. The molecule has 1 fully saturated rings. The Balaban J connectivity index is 2.06. The van der Waals surface area contributed by atoms with Gasteiger partial charge in [0.25, 0.3) is 11.8 Å². The highest BCUT2D eigenvalue weighted by atomic mass is 32.2. The molecule has 1 atom stereocenters. The number of carbonyl (C=O) groups is 1. The summed E-state index contributed by atoms with van der Waals surface area (Å²) in [7, 11) is 0. The average Bonchev–Trinajstić information content (AvgIpc) is 2.98. The van der Waals surface area contributed by atoms with Crippen molar-refractivity contribution in [3.8, 4) is 11.6 Å². The van der Waals surface area contributed by atoms with E-state index in [1.807, 2.05) is 0 Å². The van der Waals surface area contributed by atoms with Crippen LogP contribution in [-0.2, 0) is 16.0 Å². The lowest BCUT2D eigenvalue weighted by Crippen LogP contribution is -2.22. The van der Waals surface area contributed by atoms with Gasteiger partial charge in [0, 0.05) is 6.07 Å². The first-order valence-electron chi connectivity index (χ1n) is 5.95. The minimum atomic E-state index is -1.73. The van der Waals surface area contributed by atoms with Gasteiger partial charge < -0.3 is 14.4 Å². The van der Waals surface area contributed by atoms with Crippen molar-refractivity contribution in [1.29, 1.82) is 0 Å². The van der Waals surface area contributed by atoms with Gasteiger partial charge in [0.2, 0.25) is 11.2 Å². The Morgan fingerprint density at radius 1 is 1.62 bits per heavy atom. The number of aromatic hydroxyl groups is 1. The van der Waals surface area contributed by atoms with Crippen LogP contribution in [0, 0.1) is 0 Å². The third-order valence-corrected chi connectivity index (χ3v) is 3.96. The number of carbonyl (C=O) groups excluding carboxylic acids is 1. The van der Waals surface area contributed by atoms with E-state index in [1.54, 1.807) is 6.08 Å². The second-order valence-electron chi connectivity index (χ2n) is 4.24. The SMILES string of the molecule is C=CCOc1noc2cc(O)c(N3CC(=O)NS3=O)cc12. The van der Waals surface area contributed by atoms with Crippen LogP contribution in [0.5, 0.6) is 11.6 Å². The zero-order valence-electron chi connectivity index (χ0n) is 10.7. The molecule has 0 saturated carbocycles. The molecule has 1 amide bonds. The number of rotatable bonds is 4. The number of nitrogens with zero attached hydrogens (tertiary/aromatic N) is 2. The summed E-state index contributed by atoms with van der Waals surface area (Å²) < 4.78 is 25.6. The molecule has 0 bridgehead atoms. The van der Waals surface area contributed by atoms with E-state index in [0.717, 1.165) is 0 Å². The van der Waals surface area contributed by atoms with E-state index in [2.05, 4.69) is 16.5 Å². The van der Waals surface area contributed by atoms with E-state index in [9.17, 15) is 14.1 Å². The molecule has 1 unspecified atom stereocenters. The van der Waals surface area contributed by atoms with Crippen molar-refractivity contribution in [2.75, 3.05) is 17.5 Å². The van der Waals surface area contributed by atoms with Crippen LogP contribution in [0.3, 0.4) is 0 Å². The van der Waals surface area contributed by atoms with Crippen molar-refractivity contribution < 1.29 is 23.4 Å². The van der Waals surface area contributed by atoms with Crippen LogP contribution in [0.25, 0.3) is 11.0 Å². The van der Waals surface area contributed by atoms with E-state index in [0.29, 0.717) is 11.0 Å². The summed E-state index contributed by atoms with van der Waals surface area (Å²) in [5.74, 6) is -0.324. The number of phenolic OH excluding ortho intramolecular Hbond substituents is 1. The number of phenols is 1. The van der Waals surface area contributed by atoms with Gasteiger partial charge in [-0.3, -0.25) is 13.8 Å². The lowest BCUT2D eigenvalue weighted by atomic mass is 10.2. The van der Waals surface area contributed by atoms with Crippen LogP contribution in [-0.4, -0.2) is 33.5 Å². The molecular formula is C12H11N3O5S. The van der Waals surface area contributed by atoms with E-state index in [1.165, 1.54) is 16.4 Å². The number of ether oxygens (including phenoxy) is 1. The minimum absolute atomic E-state index is 0.111. The quantitative estimate of drug-likeness (QED) is 0.802. The van der Waals surface area contributed by atoms with Gasteiger partial charge in [-0.15, -0.1) is 0 Å². The summed E-state index contributed by atoms with van der Waals surface area (Å²) in [6.45, 7) is 3.67. The zero-order valence-corrected chi connectivity index (χ0v) is 11.6. The monoisotopic (exact) mass is 309 g/mol. The Morgan fingerprint density at radius 2 is 2.43 bits per heavy atom. The molecule has 1 aromatic carbocycles. The first-order chi connectivity index (χ1) is 10.1. The number of amides is 1. The molecule has 2 aromatic rings. The maximum absolute atomic E-state index is 11.8. The Hall–Kier alpha value is -2.55. The molecule has 0 aliphatic carbocycles. The van der Waals surface area contributed by atoms with Crippen LogP contribution in [0.1, 0.15) is 0 Å². The smallest absolute Gasteiger partial charge is 0.262 e. The standard InChI is InChI=1S/C12H11N3O5S/c1-2-3-19-12-7-4-8(9(16)5-10(7)20-13-12)15-6-11(17)14-21(15)18/h2,4-5,16H,1,3,6H2,(H,14,17). The predicted octanol–water partition coefficient (Wildman–Crippen LogP) is 0.613. The Bertz CT molecular complexity index is 757. The Kier molecular flexibility index (Phi) is 3.26. The summed E-state index contributed by atoms with van der Waals surface area (Å²) >= 11 is -1.73. The number of fused-ring (bicyclic) bond motifs is 1. The van der Waals surface area contributed by atoms with Crippen molar-refractivity contribution in [1.82, 2.24) is 9.88 Å². The molecule has 0 radical (unpaired) electrons. The van der Waals surface area contributed by atoms with Gasteiger partial charge in [-0.2, -0.15) is 0 Å². The molecule has 3 rings (SSSR count). The fourth-order valence-electron chi connectivity index (χ4n) is 1.93. The predicted molar refractivity (Wildman–Crippen MR) is 75.0 cm³/mol. The highest BCUT2D eigenvalue weighted by molar-refractivity contribution is 7.85. The fraction of sp³-hybridized carbons (Fsp3) is 0.167.